The van der Waals surface area contributed by atoms with E-state index in [4.69, 9.17) is 9.47 Å². The van der Waals surface area contributed by atoms with E-state index in [0.29, 0.717) is 17.1 Å². The zero-order valence-corrected chi connectivity index (χ0v) is 13.7. The fourth-order valence-corrected chi connectivity index (χ4v) is 2.64. The number of methoxy groups -OCH3 is 1. The van der Waals surface area contributed by atoms with E-state index in [1.54, 1.807) is 41.1 Å². The van der Waals surface area contributed by atoms with E-state index >= 15 is 0 Å². The van der Waals surface area contributed by atoms with Crippen molar-refractivity contribution < 1.29 is 27.4 Å². The normalized spacial score (nSPS) is 11.2. The van der Waals surface area contributed by atoms with Crippen molar-refractivity contribution in [2.75, 3.05) is 20.3 Å². The van der Waals surface area contributed by atoms with Crippen molar-refractivity contribution in [3.05, 3.63) is 46.7 Å². The van der Waals surface area contributed by atoms with Gasteiger partial charge in [-0.25, -0.2) is 0 Å². The van der Waals surface area contributed by atoms with E-state index in [1.165, 1.54) is 18.4 Å². The SMILES string of the molecule is COc1cccc(OCC(=O)N(Cc2ccsc2)CC(F)(F)F)c1. The largest absolute Gasteiger partial charge is 0.497 e. The first-order valence-electron chi connectivity index (χ1n) is 7.00. The number of nitrogens with zero attached hydrogens (tertiary/aromatic N) is 1. The van der Waals surface area contributed by atoms with Gasteiger partial charge in [0.1, 0.15) is 18.0 Å². The number of carbonyl (C=O) groups is 1. The van der Waals surface area contributed by atoms with Crippen molar-refractivity contribution in [1.29, 1.82) is 0 Å². The van der Waals surface area contributed by atoms with Crippen molar-refractivity contribution in [1.82, 2.24) is 4.90 Å². The summed E-state index contributed by atoms with van der Waals surface area (Å²) < 4.78 is 48.4. The molecule has 1 amide bonds. The molecule has 0 saturated heterocycles. The predicted molar refractivity (Wildman–Crippen MR) is 84.3 cm³/mol. The van der Waals surface area contributed by atoms with Gasteiger partial charge in [-0.05, 0) is 34.5 Å². The molecule has 0 atom stereocenters. The van der Waals surface area contributed by atoms with Crippen LogP contribution in [-0.4, -0.2) is 37.2 Å². The molecule has 0 radical (unpaired) electrons. The lowest BCUT2D eigenvalue weighted by Crippen LogP contribution is -2.40. The van der Waals surface area contributed by atoms with Gasteiger partial charge in [0.25, 0.3) is 5.91 Å². The Kier molecular flexibility index (Phi) is 6.08. The predicted octanol–water partition coefficient (Wildman–Crippen LogP) is 3.73. The van der Waals surface area contributed by atoms with E-state index in [-0.39, 0.29) is 6.54 Å². The zero-order chi connectivity index (χ0) is 17.6. The second-order valence-electron chi connectivity index (χ2n) is 4.96. The zero-order valence-electron chi connectivity index (χ0n) is 12.9. The molecular weight excluding hydrogens is 343 g/mol. The van der Waals surface area contributed by atoms with Crippen molar-refractivity contribution in [2.45, 2.75) is 12.7 Å². The quantitative estimate of drug-likeness (QED) is 0.756. The summed E-state index contributed by atoms with van der Waals surface area (Å²) in [6.07, 6.45) is -4.47. The monoisotopic (exact) mass is 359 g/mol. The van der Waals surface area contributed by atoms with E-state index in [0.717, 1.165) is 4.90 Å². The van der Waals surface area contributed by atoms with Gasteiger partial charge >= 0.3 is 6.18 Å². The van der Waals surface area contributed by atoms with E-state index in [9.17, 15) is 18.0 Å². The Morgan fingerprint density at radius 1 is 1.25 bits per heavy atom. The highest BCUT2D eigenvalue weighted by Gasteiger charge is 2.33. The summed E-state index contributed by atoms with van der Waals surface area (Å²) in [5.74, 6) is 0.150. The summed E-state index contributed by atoms with van der Waals surface area (Å²) in [6, 6.07) is 8.20. The molecule has 0 saturated carbocycles. The van der Waals surface area contributed by atoms with Crippen molar-refractivity contribution in [2.24, 2.45) is 0 Å². The molecule has 1 aromatic carbocycles. The molecule has 0 N–H and O–H groups in total. The number of rotatable bonds is 7. The van der Waals surface area contributed by atoms with Crippen LogP contribution >= 0.6 is 11.3 Å². The summed E-state index contributed by atoms with van der Waals surface area (Å²) in [6.45, 7) is -1.90. The minimum atomic E-state index is -4.47. The minimum Gasteiger partial charge on any atom is -0.497 e. The van der Waals surface area contributed by atoms with Gasteiger partial charge in [0, 0.05) is 12.6 Å². The lowest BCUT2D eigenvalue weighted by atomic mass is 10.3. The van der Waals surface area contributed by atoms with Crippen molar-refractivity contribution >= 4 is 17.2 Å². The molecule has 4 nitrogen and oxygen atoms in total. The van der Waals surface area contributed by atoms with Crippen LogP contribution in [0.4, 0.5) is 13.2 Å². The van der Waals surface area contributed by atoms with Gasteiger partial charge in [0.05, 0.1) is 7.11 Å². The van der Waals surface area contributed by atoms with Crippen LogP contribution in [0.2, 0.25) is 0 Å². The first kappa shape index (κ1) is 18.1. The fourth-order valence-electron chi connectivity index (χ4n) is 1.98. The summed E-state index contributed by atoms with van der Waals surface area (Å²) >= 11 is 1.36. The summed E-state index contributed by atoms with van der Waals surface area (Å²) in [5, 5.41) is 3.46. The smallest absolute Gasteiger partial charge is 0.406 e. The first-order valence-corrected chi connectivity index (χ1v) is 7.94. The molecule has 0 aliphatic rings. The number of benzene rings is 1. The topological polar surface area (TPSA) is 38.8 Å². The number of hydrogen-bond donors (Lipinski definition) is 0. The average Bonchev–Trinajstić information content (AvgIpc) is 3.04. The molecule has 0 fully saturated rings. The van der Waals surface area contributed by atoms with Gasteiger partial charge in [0.2, 0.25) is 0 Å². The Balaban J connectivity index is 2.00. The number of amides is 1. The fraction of sp³-hybridized carbons (Fsp3) is 0.312. The third-order valence-electron chi connectivity index (χ3n) is 3.08. The number of hydrogen-bond acceptors (Lipinski definition) is 4. The lowest BCUT2D eigenvalue weighted by Gasteiger charge is -2.23. The van der Waals surface area contributed by atoms with Crippen molar-refractivity contribution in [3.8, 4) is 11.5 Å². The second kappa shape index (κ2) is 8.05. The first-order chi connectivity index (χ1) is 11.4. The third-order valence-corrected chi connectivity index (χ3v) is 3.81. The Labute approximate surface area is 141 Å². The van der Waals surface area contributed by atoms with Crippen LogP contribution in [0.1, 0.15) is 5.56 Å². The highest BCUT2D eigenvalue weighted by Crippen LogP contribution is 2.21. The molecule has 2 rings (SSSR count). The van der Waals surface area contributed by atoms with E-state index < -0.39 is 25.2 Å². The number of alkyl halides is 3. The maximum absolute atomic E-state index is 12.7. The van der Waals surface area contributed by atoms with Gasteiger partial charge in [-0.1, -0.05) is 6.07 Å². The van der Waals surface area contributed by atoms with Gasteiger partial charge in [-0.15, -0.1) is 0 Å². The molecular formula is C16H16F3NO3S. The number of carbonyl (C=O) groups excluding carboxylic acids is 1. The van der Waals surface area contributed by atoms with Gasteiger partial charge in [0.15, 0.2) is 6.61 Å². The Morgan fingerprint density at radius 2 is 2.00 bits per heavy atom. The standard InChI is InChI=1S/C16H16F3NO3S/c1-22-13-3-2-4-14(7-13)23-9-15(21)20(11-16(17,18)19)8-12-5-6-24-10-12/h2-7,10H,8-9,11H2,1H3. The molecule has 8 heteroatoms. The van der Waals surface area contributed by atoms with E-state index in [1.807, 2.05) is 0 Å². The molecule has 2 aromatic rings. The Hall–Kier alpha value is -2.22. The maximum atomic E-state index is 12.7. The summed E-state index contributed by atoms with van der Waals surface area (Å²) in [7, 11) is 1.48. The minimum absolute atomic E-state index is 0.108. The molecule has 1 aromatic heterocycles. The molecule has 0 bridgehead atoms. The number of ether oxygens (including phenoxy) is 2. The Bertz CT molecular complexity index is 659. The van der Waals surface area contributed by atoms with E-state index in [2.05, 4.69) is 0 Å². The van der Waals surface area contributed by atoms with Crippen LogP contribution in [0, 0.1) is 0 Å². The number of thiophene rings is 1. The van der Waals surface area contributed by atoms with Crippen LogP contribution in [0.15, 0.2) is 41.1 Å². The van der Waals surface area contributed by atoms with Crippen molar-refractivity contribution in [3.63, 3.8) is 0 Å². The second-order valence-corrected chi connectivity index (χ2v) is 5.74. The number of halogens is 3. The molecule has 0 spiro atoms. The van der Waals surface area contributed by atoms with Gasteiger partial charge in [-0.2, -0.15) is 24.5 Å². The molecule has 0 aliphatic heterocycles. The molecule has 24 heavy (non-hydrogen) atoms. The molecule has 1 heterocycles. The third kappa shape index (κ3) is 5.77. The van der Waals surface area contributed by atoms with Gasteiger partial charge < -0.3 is 14.4 Å². The molecule has 0 unspecified atom stereocenters. The Morgan fingerprint density at radius 3 is 2.62 bits per heavy atom. The van der Waals surface area contributed by atoms with Crippen LogP contribution < -0.4 is 9.47 Å². The maximum Gasteiger partial charge on any atom is 0.406 e. The average molecular weight is 359 g/mol. The van der Waals surface area contributed by atoms with Gasteiger partial charge in [-0.3, -0.25) is 4.79 Å². The highest BCUT2D eigenvalue weighted by atomic mass is 32.1. The highest BCUT2D eigenvalue weighted by molar-refractivity contribution is 7.07. The lowest BCUT2D eigenvalue weighted by molar-refractivity contribution is -0.163. The van der Waals surface area contributed by atoms with Crippen LogP contribution in [-0.2, 0) is 11.3 Å². The van der Waals surface area contributed by atoms with Crippen LogP contribution in [0.25, 0.3) is 0 Å². The summed E-state index contributed by atoms with van der Waals surface area (Å²) in [4.78, 5) is 12.9. The van der Waals surface area contributed by atoms with Crippen LogP contribution in [0.3, 0.4) is 0 Å². The van der Waals surface area contributed by atoms with Crippen LogP contribution in [0.5, 0.6) is 11.5 Å². The molecule has 0 aliphatic carbocycles. The molecule has 130 valence electrons. The summed E-state index contributed by atoms with van der Waals surface area (Å²) in [5.41, 5.74) is 0.652.